The summed E-state index contributed by atoms with van der Waals surface area (Å²) in [5, 5.41) is 3.97. The smallest absolute Gasteiger partial charge is 0.293 e. The van der Waals surface area contributed by atoms with Gasteiger partial charge >= 0.3 is 0 Å². The van der Waals surface area contributed by atoms with Gasteiger partial charge in [-0.25, -0.2) is 0 Å². The summed E-state index contributed by atoms with van der Waals surface area (Å²) in [4.78, 5) is 5.53. The van der Waals surface area contributed by atoms with Gasteiger partial charge in [0.2, 0.25) is 5.82 Å². The fraction of sp³-hybridized carbons (Fsp3) is 0.143. The molecule has 0 spiro atoms. The Labute approximate surface area is 120 Å². The minimum atomic E-state index is 0.344. The molecule has 0 radical (unpaired) electrons. The van der Waals surface area contributed by atoms with Gasteiger partial charge in [0, 0.05) is 10.5 Å². The zero-order valence-electron chi connectivity index (χ0n) is 10.9. The molecule has 0 aliphatic rings. The van der Waals surface area contributed by atoms with Gasteiger partial charge < -0.3 is 14.7 Å². The maximum absolute atomic E-state index is 5.50. The number of rotatable bonds is 4. The van der Waals surface area contributed by atoms with Crippen LogP contribution >= 0.6 is 11.8 Å². The Bertz CT molecular complexity index is 703. The van der Waals surface area contributed by atoms with Crippen LogP contribution in [0.5, 0.6) is 0 Å². The number of hydrogen-bond donors (Lipinski definition) is 1. The number of furan rings is 1. The molecule has 3 aromatic rings. The number of benzene rings is 1. The first kappa shape index (κ1) is 13.0. The molecule has 0 aliphatic heterocycles. The standard InChI is InChI=1S/C14H13N3O2S/c1-20-11-5-2-9(3-6-11)13-16-14(19-17-13)12-7-4-10(8-15)18-12/h2-7H,8,15H2,1H3. The SMILES string of the molecule is CSc1ccc(-c2noc(-c3ccc(CN)o3)n2)cc1. The van der Waals surface area contributed by atoms with Gasteiger partial charge in [0.05, 0.1) is 6.54 Å². The fourth-order valence-corrected chi connectivity index (χ4v) is 2.19. The van der Waals surface area contributed by atoms with Gasteiger partial charge in [-0.05, 0) is 42.7 Å². The second-order valence-corrected chi connectivity index (χ2v) is 5.00. The van der Waals surface area contributed by atoms with E-state index in [9.17, 15) is 0 Å². The highest BCUT2D eigenvalue weighted by atomic mass is 32.2. The normalized spacial score (nSPS) is 10.9. The third-order valence-electron chi connectivity index (χ3n) is 2.85. The largest absolute Gasteiger partial charge is 0.455 e. The van der Waals surface area contributed by atoms with E-state index in [0.717, 1.165) is 5.56 Å². The lowest BCUT2D eigenvalue weighted by Crippen LogP contribution is -1.92. The van der Waals surface area contributed by atoms with Crippen LogP contribution in [-0.2, 0) is 6.54 Å². The van der Waals surface area contributed by atoms with Crippen LogP contribution in [0.2, 0.25) is 0 Å². The molecular formula is C14H13N3O2S. The van der Waals surface area contributed by atoms with Gasteiger partial charge in [-0.1, -0.05) is 5.16 Å². The van der Waals surface area contributed by atoms with Crippen LogP contribution in [0.15, 0.2) is 50.2 Å². The van der Waals surface area contributed by atoms with Crippen molar-refractivity contribution in [3.8, 4) is 23.0 Å². The molecule has 2 N–H and O–H groups in total. The summed E-state index contributed by atoms with van der Waals surface area (Å²) in [5.74, 6) is 2.11. The minimum Gasteiger partial charge on any atom is -0.455 e. The molecule has 20 heavy (non-hydrogen) atoms. The van der Waals surface area contributed by atoms with Crippen molar-refractivity contribution in [1.82, 2.24) is 10.1 Å². The fourth-order valence-electron chi connectivity index (χ4n) is 1.78. The lowest BCUT2D eigenvalue weighted by molar-refractivity contribution is 0.412. The van der Waals surface area contributed by atoms with Gasteiger partial charge in [-0.15, -0.1) is 11.8 Å². The van der Waals surface area contributed by atoms with Crippen molar-refractivity contribution >= 4 is 11.8 Å². The first-order chi connectivity index (χ1) is 9.80. The summed E-state index contributed by atoms with van der Waals surface area (Å²) < 4.78 is 10.7. The molecule has 0 saturated heterocycles. The van der Waals surface area contributed by atoms with Crippen LogP contribution in [0.25, 0.3) is 23.0 Å². The zero-order valence-corrected chi connectivity index (χ0v) is 11.7. The van der Waals surface area contributed by atoms with E-state index >= 15 is 0 Å². The van der Waals surface area contributed by atoms with E-state index in [2.05, 4.69) is 10.1 Å². The second-order valence-electron chi connectivity index (χ2n) is 4.12. The Morgan fingerprint density at radius 3 is 2.60 bits per heavy atom. The molecule has 1 aromatic carbocycles. The number of hydrogen-bond acceptors (Lipinski definition) is 6. The summed E-state index contributed by atoms with van der Waals surface area (Å²) in [6.07, 6.45) is 2.04. The molecule has 0 bridgehead atoms. The van der Waals surface area contributed by atoms with Crippen molar-refractivity contribution in [1.29, 1.82) is 0 Å². The summed E-state index contributed by atoms with van der Waals surface area (Å²) in [6.45, 7) is 0.344. The highest BCUT2D eigenvalue weighted by Crippen LogP contribution is 2.25. The molecule has 0 saturated carbocycles. The van der Waals surface area contributed by atoms with Gasteiger partial charge in [0.1, 0.15) is 5.76 Å². The average molecular weight is 287 g/mol. The van der Waals surface area contributed by atoms with Gasteiger partial charge in [-0.2, -0.15) is 4.98 Å². The maximum Gasteiger partial charge on any atom is 0.293 e. The number of nitrogens with two attached hydrogens (primary N) is 1. The number of thioether (sulfide) groups is 1. The third-order valence-corrected chi connectivity index (χ3v) is 3.59. The topological polar surface area (TPSA) is 78.1 Å². The van der Waals surface area contributed by atoms with E-state index in [1.54, 1.807) is 23.9 Å². The molecule has 0 amide bonds. The van der Waals surface area contributed by atoms with Crippen molar-refractivity contribution in [3.05, 3.63) is 42.2 Å². The predicted octanol–water partition coefficient (Wildman–Crippen LogP) is 3.18. The highest BCUT2D eigenvalue weighted by Gasteiger charge is 2.13. The minimum absolute atomic E-state index is 0.344. The Hall–Kier alpha value is -2.05. The van der Waals surface area contributed by atoms with Crippen molar-refractivity contribution in [3.63, 3.8) is 0 Å². The van der Waals surface area contributed by atoms with Crippen molar-refractivity contribution in [2.45, 2.75) is 11.4 Å². The second kappa shape index (κ2) is 5.52. The van der Waals surface area contributed by atoms with E-state index in [1.165, 1.54) is 4.90 Å². The Balaban J connectivity index is 1.88. The van der Waals surface area contributed by atoms with E-state index in [-0.39, 0.29) is 0 Å². The van der Waals surface area contributed by atoms with E-state index in [4.69, 9.17) is 14.7 Å². The van der Waals surface area contributed by atoms with E-state index in [0.29, 0.717) is 29.8 Å². The molecule has 3 rings (SSSR count). The first-order valence-electron chi connectivity index (χ1n) is 6.07. The lowest BCUT2D eigenvalue weighted by atomic mass is 10.2. The van der Waals surface area contributed by atoms with Gasteiger partial charge in [0.15, 0.2) is 5.76 Å². The average Bonchev–Trinajstić information content (AvgIpc) is 3.16. The Kier molecular flexibility index (Phi) is 3.58. The van der Waals surface area contributed by atoms with Crippen molar-refractivity contribution in [2.24, 2.45) is 5.73 Å². The lowest BCUT2D eigenvalue weighted by Gasteiger charge is -1.96. The molecule has 0 unspecified atom stereocenters. The van der Waals surface area contributed by atoms with Crippen LogP contribution in [-0.4, -0.2) is 16.4 Å². The molecule has 6 heteroatoms. The Morgan fingerprint density at radius 1 is 1.15 bits per heavy atom. The quantitative estimate of drug-likeness (QED) is 0.742. The van der Waals surface area contributed by atoms with Crippen LogP contribution in [0, 0.1) is 0 Å². The maximum atomic E-state index is 5.50. The van der Waals surface area contributed by atoms with Crippen LogP contribution in [0.1, 0.15) is 5.76 Å². The summed E-state index contributed by atoms with van der Waals surface area (Å²) in [7, 11) is 0. The summed E-state index contributed by atoms with van der Waals surface area (Å²) >= 11 is 1.69. The number of nitrogens with zero attached hydrogens (tertiary/aromatic N) is 2. The van der Waals surface area contributed by atoms with E-state index < -0.39 is 0 Å². The number of aromatic nitrogens is 2. The monoisotopic (exact) mass is 287 g/mol. The summed E-state index contributed by atoms with van der Waals surface area (Å²) in [5.41, 5.74) is 6.41. The van der Waals surface area contributed by atoms with Crippen LogP contribution in [0.3, 0.4) is 0 Å². The summed E-state index contributed by atoms with van der Waals surface area (Å²) in [6, 6.07) is 11.6. The highest BCUT2D eigenvalue weighted by molar-refractivity contribution is 7.98. The molecule has 0 atom stereocenters. The molecule has 102 valence electrons. The Morgan fingerprint density at radius 2 is 1.95 bits per heavy atom. The zero-order chi connectivity index (χ0) is 13.9. The molecule has 0 fully saturated rings. The van der Waals surface area contributed by atoms with Gasteiger partial charge in [-0.3, -0.25) is 0 Å². The van der Waals surface area contributed by atoms with Crippen LogP contribution < -0.4 is 5.73 Å². The molecular weight excluding hydrogens is 274 g/mol. The van der Waals surface area contributed by atoms with Crippen LogP contribution in [0.4, 0.5) is 0 Å². The first-order valence-corrected chi connectivity index (χ1v) is 7.30. The molecule has 2 aromatic heterocycles. The van der Waals surface area contributed by atoms with Gasteiger partial charge in [0.25, 0.3) is 5.89 Å². The third kappa shape index (κ3) is 2.48. The molecule has 0 aliphatic carbocycles. The van der Waals surface area contributed by atoms with Crippen molar-refractivity contribution in [2.75, 3.05) is 6.26 Å². The molecule has 5 nitrogen and oxygen atoms in total. The molecule has 2 heterocycles. The predicted molar refractivity (Wildman–Crippen MR) is 77.1 cm³/mol. The van der Waals surface area contributed by atoms with E-state index in [1.807, 2.05) is 30.5 Å². The van der Waals surface area contributed by atoms with Crippen molar-refractivity contribution < 1.29 is 8.94 Å².